The van der Waals surface area contributed by atoms with Gasteiger partial charge in [0.15, 0.2) is 0 Å². The van der Waals surface area contributed by atoms with E-state index < -0.39 is 0 Å². The largest absolute Gasteiger partial charge is 0.399 e. The Morgan fingerprint density at radius 2 is 2.20 bits per heavy atom. The molecule has 0 saturated carbocycles. The molecule has 1 amide bonds. The second-order valence-electron chi connectivity index (χ2n) is 4.72. The summed E-state index contributed by atoms with van der Waals surface area (Å²) in [4.78, 5) is 22.1. The first-order valence-electron chi connectivity index (χ1n) is 6.54. The van der Waals surface area contributed by atoms with Crippen LogP contribution in [0.25, 0.3) is 10.9 Å². The van der Waals surface area contributed by atoms with Crippen LogP contribution in [0.15, 0.2) is 24.5 Å². The van der Waals surface area contributed by atoms with Gasteiger partial charge in [0.25, 0.3) is 0 Å². The third kappa shape index (κ3) is 2.79. The molecule has 0 spiro atoms. The molecule has 1 heterocycles. The molecule has 0 bridgehead atoms. The van der Waals surface area contributed by atoms with Gasteiger partial charge >= 0.3 is 0 Å². The highest BCUT2D eigenvalue weighted by molar-refractivity contribution is 5.93. The van der Waals surface area contributed by atoms with Crippen molar-refractivity contribution in [2.45, 2.75) is 19.9 Å². The molecular formula is C14H19N5O. The van der Waals surface area contributed by atoms with Gasteiger partial charge in [-0.1, -0.05) is 0 Å². The van der Waals surface area contributed by atoms with Gasteiger partial charge in [0, 0.05) is 24.7 Å². The smallest absolute Gasteiger partial charge is 0.244 e. The summed E-state index contributed by atoms with van der Waals surface area (Å²) >= 11 is 0. The number of anilines is 2. The van der Waals surface area contributed by atoms with Gasteiger partial charge in [0.1, 0.15) is 18.2 Å². The van der Waals surface area contributed by atoms with Crippen LogP contribution >= 0.6 is 0 Å². The van der Waals surface area contributed by atoms with Crippen LogP contribution in [0.2, 0.25) is 0 Å². The maximum absolute atomic E-state index is 12.1. The summed E-state index contributed by atoms with van der Waals surface area (Å²) in [5.41, 5.74) is 7.23. The highest BCUT2D eigenvalue weighted by Gasteiger charge is 2.17. The Bertz CT molecular complexity index is 628. The molecule has 106 valence electrons. The van der Waals surface area contributed by atoms with Gasteiger partial charge in [-0.25, -0.2) is 9.97 Å². The average molecular weight is 273 g/mol. The van der Waals surface area contributed by atoms with Gasteiger partial charge in [-0.15, -0.1) is 0 Å². The highest BCUT2D eigenvalue weighted by atomic mass is 16.2. The third-order valence-electron chi connectivity index (χ3n) is 3.23. The van der Waals surface area contributed by atoms with E-state index in [-0.39, 0.29) is 11.9 Å². The molecule has 2 aromatic rings. The van der Waals surface area contributed by atoms with E-state index >= 15 is 0 Å². The fourth-order valence-electron chi connectivity index (χ4n) is 1.94. The van der Waals surface area contributed by atoms with Crippen molar-refractivity contribution in [3.05, 3.63) is 24.5 Å². The van der Waals surface area contributed by atoms with E-state index in [0.29, 0.717) is 18.1 Å². The molecule has 1 unspecified atom stereocenters. The summed E-state index contributed by atoms with van der Waals surface area (Å²) < 4.78 is 0. The number of hydrogen-bond acceptors (Lipinski definition) is 5. The minimum atomic E-state index is -0.362. The van der Waals surface area contributed by atoms with Crippen LogP contribution in [0, 0.1) is 0 Å². The zero-order chi connectivity index (χ0) is 14.7. The molecule has 1 aromatic heterocycles. The molecule has 0 fully saturated rings. The molecule has 0 aliphatic heterocycles. The second kappa shape index (κ2) is 5.73. The summed E-state index contributed by atoms with van der Waals surface area (Å²) in [6.07, 6.45) is 1.47. The molecule has 1 atom stereocenters. The lowest BCUT2D eigenvalue weighted by atomic mass is 10.2. The zero-order valence-electron chi connectivity index (χ0n) is 11.9. The quantitative estimate of drug-likeness (QED) is 0.824. The van der Waals surface area contributed by atoms with Crippen molar-refractivity contribution >= 4 is 28.3 Å². The van der Waals surface area contributed by atoms with Gasteiger partial charge < -0.3 is 16.0 Å². The van der Waals surface area contributed by atoms with E-state index in [1.54, 1.807) is 24.1 Å². The Labute approximate surface area is 118 Å². The summed E-state index contributed by atoms with van der Waals surface area (Å²) in [7, 11) is 1.77. The molecule has 20 heavy (non-hydrogen) atoms. The Kier molecular flexibility index (Phi) is 4.02. The monoisotopic (exact) mass is 273 g/mol. The number of nitrogen functional groups attached to an aromatic ring is 1. The predicted molar refractivity (Wildman–Crippen MR) is 80.3 cm³/mol. The minimum Gasteiger partial charge on any atom is -0.399 e. The van der Waals surface area contributed by atoms with E-state index in [4.69, 9.17) is 5.73 Å². The number of aromatic nitrogens is 2. The number of carbonyl (C=O) groups excluding carboxylic acids is 1. The number of nitrogens with zero attached hydrogens (tertiary/aromatic N) is 3. The number of likely N-dealkylation sites (N-methyl/N-ethyl adjacent to an activating group) is 1. The third-order valence-corrected chi connectivity index (χ3v) is 3.23. The van der Waals surface area contributed by atoms with Crippen molar-refractivity contribution in [3.63, 3.8) is 0 Å². The maximum Gasteiger partial charge on any atom is 0.244 e. The van der Waals surface area contributed by atoms with E-state index in [9.17, 15) is 4.79 Å². The molecule has 0 aliphatic rings. The minimum absolute atomic E-state index is 0.0168. The van der Waals surface area contributed by atoms with Crippen LogP contribution < -0.4 is 11.1 Å². The highest BCUT2D eigenvalue weighted by Crippen LogP contribution is 2.22. The molecule has 6 nitrogen and oxygen atoms in total. The molecule has 0 saturated heterocycles. The van der Waals surface area contributed by atoms with Gasteiger partial charge in [0.05, 0.1) is 5.52 Å². The Hall–Kier alpha value is -2.37. The topological polar surface area (TPSA) is 84.1 Å². The summed E-state index contributed by atoms with van der Waals surface area (Å²) in [6, 6.07) is 5.07. The summed E-state index contributed by atoms with van der Waals surface area (Å²) in [6.45, 7) is 4.42. The Morgan fingerprint density at radius 3 is 2.90 bits per heavy atom. The summed E-state index contributed by atoms with van der Waals surface area (Å²) in [5.74, 6) is 0.635. The first-order valence-corrected chi connectivity index (χ1v) is 6.54. The van der Waals surface area contributed by atoms with Crippen LogP contribution in [0.3, 0.4) is 0 Å². The molecule has 1 aromatic carbocycles. The number of amides is 1. The predicted octanol–water partition coefficient (Wildman–Crippen LogP) is 1.49. The standard InChI is InChI=1S/C14H19N5O/c1-4-19(3)14(20)9(2)18-13-11-7-10(15)5-6-12(11)16-8-17-13/h5-9H,4,15H2,1-3H3,(H,16,17,18). The zero-order valence-corrected chi connectivity index (χ0v) is 11.9. The lowest BCUT2D eigenvalue weighted by Crippen LogP contribution is -2.39. The lowest BCUT2D eigenvalue weighted by molar-refractivity contribution is -0.130. The van der Waals surface area contributed by atoms with Crippen LogP contribution in [0.4, 0.5) is 11.5 Å². The average Bonchev–Trinajstić information content (AvgIpc) is 2.46. The van der Waals surface area contributed by atoms with E-state index in [2.05, 4.69) is 15.3 Å². The molecule has 0 aliphatic carbocycles. The fourth-order valence-corrected chi connectivity index (χ4v) is 1.94. The normalized spacial score (nSPS) is 12.2. The van der Waals surface area contributed by atoms with Crippen LogP contribution in [-0.2, 0) is 4.79 Å². The Balaban J connectivity index is 2.29. The SMILES string of the molecule is CCN(C)C(=O)C(C)Nc1ncnc2ccc(N)cc12. The lowest BCUT2D eigenvalue weighted by Gasteiger charge is -2.21. The molecule has 6 heteroatoms. The van der Waals surface area contributed by atoms with Gasteiger partial charge in [-0.3, -0.25) is 4.79 Å². The van der Waals surface area contributed by atoms with Crippen molar-refractivity contribution in [3.8, 4) is 0 Å². The van der Waals surface area contributed by atoms with Gasteiger partial charge in [-0.2, -0.15) is 0 Å². The number of nitrogens with one attached hydrogen (secondary N) is 1. The molecular weight excluding hydrogens is 254 g/mol. The van der Waals surface area contributed by atoms with E-state index in [1.165, 1.54) is 6.33 Å². The van der Waals surface area contributed by atoms with Crippen LogP contribution in [0.5, 0.6) is 0 Å². The van der Waals surface area contributed by atoms with Crippen molar-refractivity contribution in [1.29, 1.82) is 0 Å². The first-order chi connectivity index (χ1) is 9.52. The number of rotatable bonds is 4. The molecule has 2 rings (SSSR count). The van der Waals surface area contributed by atoms with Gasteiger partial charge in [0.2, 0.25) is 5.91 Å². The molecule has 0 radical (unpaired) electrons. The molecule has 3 N–H and O–H groups in total. The maximum atomic E-state index is 12.1. The summed E-state index contributed by atoms with van der Waals surface area (Å²) in [5, 5.41) is 3.94. The number of benzene rings is 1. The van der Waals surface area contributed by atoms with E-state index in [0.717, 1.165) is 10.9 Å². The number of hydrogen-bond donors (Lipinski definition) is 2. The number of nitrogens with two attached hydrogens (primary N) is 1. The Morgan fingerprint density at radius 1 is 1.45 bits per heavy atom. The van der Waals surface area contributed by atoms with Crippen molar-refractivity contribution in [2.75, 3.05) is 24.6 Å². The van der Waals surface area contributed by atoms with Crippen molar-refractivity contribution in [1.82, 2.24) is 14.9 Å². The van der Waals surface area contributed by atoms with Gasteiger partial charge in [-0.05, 0) is 32.0 Å². The first kappa shape index (κ1) is 14.0. The fraction of sp³-hybridized carbons (Fsp3) is 0.357. The van der Waals surface area contributed by atoms with Crippen molar-refractivity contribution in [2.24, 2.45) is 0 Å². The van der Waals surface area contributed by atoms with Crippen molar-refractivity contribution < 1.29 is 4.79 Å². The second-order valence-corrected chi connectivity index (χ2v) is 4.72. The number of fused-ring (bicyclic) bond motifs is 1. The number of carbonyl (C=O) groups is 1. The van der Waals surface area contributed by atoms with E-state index in [1.807, 2.05) is 19.9 Å². The van der Waals surface area contributed by atoms with Crippen LogP contribution in [-0.4, -0.2) is 40.4 Å². The van der Waals surface area contributed by atoms with Crippen LogP contribution in [0.1, 0.15) is 13.8 Å².